The maximum Gasteiger partial charge on any atom is 0.320 e. The lowest BCUT2D eigenvalue weighted by atomic mass is 9.97. The zero-order valence-corrected chi connectivity index (χ0v) is 10.8. The summed E-state index contributed by atoms with van der Waals surface area (Å²) in [6.07, 6.45) is 4.99. The smallest absolute Gasteiger partial charge is 0.320 e. The second-order valence-electron chi connectivity index (χ2n) is 5.16. The predicted molar refractivity (Wildman–Crippen MR) is 66.8 cm³/mol. The Hall–Kier alpha value is -0.610. The quantitative estimate of drug-likeness (QED) is 0.704. The van der Waals surface area contributed by atoms with Crippen LogP contribution >= 0.6 is 0 Å². The molecule has 4 nitrogen and oxygen atoms in total. The molecule has 2 fully saturated rings. The Morgan fingerprint density at radius 2 is 2.00 bits per heavy atom. The van der Waals surface area contributed by atoms with Gasteiger partial charge in [-0.1, -0.05) is 0 Å². The third-order valence-corrected chi connectivity index (χ3v) is 3.65. The molecule has 0 unspecified atom stereocenters. The second kappa shape index (κ2) is 6.36. The summed E-state index contributed by atoms with van der Waals surface area (Å²) in [5.74, 6) is 0.694. The molecule has 0 spiro atoms. The number of ether oxygens (including phenoxy) is 1. The standard InChI is InChI=1S/C13H24N2O2/c1-2-17-13(16)10-15(12-3-4-12)9-11-5-7-14-8-6-11/h11-12,14H,2-10H2,1H3. The Labute approximate surface area is 104 Å². The van der Waals surface area contributed by atoms with Crippen LogP contribution in [0.4, 0.5) is 0 Å². The number of esters is 1. The van der Waals surface area contributed by atoms with Crippen LogP contribution in [0.25, 0.3) is 0 Å². The molecule has 2 aliphatic rings. The lowest BCUT2D eigenvalue weighted by molar-refractivity contribution is -0.144. The molecule has 1 saturated heterocycles. The van der Waals surface area contributed by atoms with Gasteiger partial charge < -0.3 is 10.1 Å². The summed E-state index contributed by atoms with van der Waals surface area (Å²) < 4.78 is 5.05. The number of carbonyl (C=O) groups is 1. The number of nitrogens with one attached hydrogen (secondary N) is 1. The van der Waals surface area contributed by atoms with E-state index in [4.69, 9.17) is 4.74 Å². The molecule has 4 heteroatoms. The van der Waals surface area contributed by atoms with Crippen LogP contribution in [0.1, 0.15) is 32.6 Å². The van der Waals surface area contributed by atoms with E-state index in [1.807, 2.05) is 6.92 Å². The van der Waals surface area contributed by atoms with Gasteiger partial charge in [0.2, 0.25) is 0 Å². The highest BCUT2D eigenvalue weighted by atomic mass is 16.5. The van der Waals surface area contributed by atoms with Crippen molar-refractivity contribution in [1.29, 1.82) is 0 Å². The van der Waals surface area contributed by atoms with E-state index < -0.39 is 0 Å². The van der Waals surface area contributed by atoms with E-state index in [9.17, 15) is 4.79 Å². The van der Waals surface area contributed by atoms with Crippen LogP contribution in [0.2, 0.25) is 0 Å². The van der Waals surface area contributed by atoms with Crippen molar-refractivity contribution in [3.63, 3.8) is 0 Å². The van der Waals surface area contributed by atoms with Crippen LogP contribution in [0.5, 0.6) is 0 Å². The topological polar surface area (TPSA) is 41.6 Å². The van der Waals surface area contributed by atoms with Gasteiger partial charge in [0.1, 0.15) is 0 Å². The zero-order valence-electron chi connectivity index (χ0n) is 10.8. The number of hydrogen-bond acceptors (Lipinski definition) is 4. The van der Waals surface area contributed by atoms with Crippen molar-refractivity contribution in [2.75, 3.05) is 32.8 Å². The Kier molecular flexibility index (Phi) is 4.80. The van der Waals surface area contributed by atoms with Crippen molar-refractivity contribution in [2.45, 2.75) is 38.6 Å². The predicted octanol–water partition coefficient (Wildman–Crippen LogP) is 1.01. The summed E-state index contributed by atoms with van der Waals surface area (Å²) in [5.41, 5.74) is 0. The first-order valence-electron chi connectivity index (χ1n) is 6.90. The molecule has 17 heavy (non-hydrogen) atoms. The molecule has 0 radical (unpaired) electrons. The van der Waals surface area contributed by atoms with Gasteiger partial charge in [0.15, 0.2) is 0 Å². The van der Waals surface area contributed by atoms with E-state index >= 15 is 0 Å². The van der Waals surface area contributed by atoms with Gasteiger partial charge in [0, 0.05) is 12.6 Å². The lowest BCUT2D eigenvalue weighted by Crippen LogP contribution is -2.40. The van der Waals surface area contributed by atoms with Crippen molar-refractivity contribution < 1.29 is 9.53 Å². The molecule has 0 aromatic carbocycles. The first kappa shape index (κ1) is 12.8. The molecule has 0 aromatic heterocycles. The molecule has 2 rings (SSSR count). The maximum atomic E-state index is 11.6. The van der Waals surface area contributed by atoms with E-state index in [1.165, 1.54) is 25.7 Å². The minimum absolute atomic E-state index is 0.0617. The van der Waals surface area contributed by atoms with E-state index in [1.54, 1.807) is 0 Å². The van der Waals surface area contributed by atoms with Crippen LogP contribution in [-0.2, 0) is 9.53 Å². The Balaban J connectivity index is 1.77. The highest BCUT2D eigenvalue weighted by molar-refractivity contribution is 5.71. The fourth-order valence-electron chi connectivity index (χ4n) is 2.55. The Morgan fingerprint density at radius 1 is 1.29 bits per heavy atom. The van der Waals surface area contributed by atoms with Gasteiger partial charge in [-0.3, -0.25) is 9.69 Å². The van der Waals surface area contributed by atoms with Crippen molar-refractivity contribution in [3.05, 3.63) is 0 Å². The first-order valence-corrected chi connectivity index (χ1v) is 6.90. The van der Waals surface area contributed by atoms with Gasteiger partial charge in [0.05, 0.1) is 13.2 Å². The number of hydrogen-bond donors (Lipinski definition) is 1. The normalized spacial score (nSPS) is 21.8. The average Bonchev–Trinajstić information content (AvgIpc) is 3.14. The zero-order chi connectivity index (χ0) is 12.1. The summed E-state index contributed by atoms with van der Waals surface area (Å²) in [6, 6.07) is 0.647. The van der Waals surface area contributed by atoms with Crippen LogP contribution in [-0.4, -0.2) is 49.7 Å². The van der Waals surface area contributed by atoms with E-state index in [0.29, 0.717) is 19.2 Å². The van der Waals surface area contributed by atoms with Crippen LogP contribution in [0, 0.1) is 5.92 Å². The van der Waals surface area contributed by atoms with Crippen molar-refractivity contribution in [3.8, 4) is 0 Å². The molecule has 1 saturated carbocycles. The maximum absolute atomic E-state index is 11.6. The van der Waals surface area contributed by atoms with Crippen LogP contribution < -0.4 is 5.32 Å². The Morgan fingerprint density at radius 3 is 2.59 bits per heavy atom. The van der Waals surface area contributed by atoms with E-state index in [-0.39, 0.29) is 5.97 Å². The van der Waals surface area contributed by atoms with Gasteiger partial charge in [-0.2, -0.15) is 0 Å². The highest BCUT2D eigenvalue weighted by Gasteiger charge is 2.32. The molecular weight excluding hydrogens is 216 g/mol. The van der Waals surface area contributed by atoms with Crippen molar-refractivity contribution in [1.82, 2.24) is 10.2 Å². The van der Waals surface area contributed by atoms with Gasteiger partial charge in [-0.05, 0) is 51.6 Å². The molecular formula is C13H24N2O2. The Bertz CT molecular complexity index is 248. The first-order chi connectivity index (χ1) is 8.29. The largest absolute Gasteiger partial charge is 0.465 e. The number of piperidine rings is 1. The molecule has 1 N–H and O–H groups in total. The van der Waals surface area contributed by atoms with Crippen LogP contribution in [0.3, 0.4) is 0 Å². The van der Waals surface area contributed by atoms with Crippen LogP contribution in [0.15, 0.2) is 0 Å². The summed E-state index contributed by atoms with van der Waals surface area (Å²) >= 11 is 0. The third kappa shape index (κ3) is 4.28. The van der Waals surface area contributed by atoms with Gasteiger partial charge >= 0.3 is 5.97 Å². The number of rotatable bonds is 6. The fourth-order valence-corrected chi connectivity index (χ4v) is 2.55. The molecule has 0 aromatic rings. The number of nitrogens with zero attached hydrogens (tertiary/aromatic N) is 1. The van der Waals surface area contributed by atoms with Crippen molar-refractivity contribution in [2.24, 2.45) is 5.92 Å². The van der Waals surface area contributed by atoms with Gasteiger partial charge in [0.25, 0.3) is 0 Å². The minimum Gasteiger partial charge on any atom is -0.465 e. The SMILES string of the molecule is CCOC(=O)CN(CC1CCNCC1)C1CC1. The minimum atomic E-state index is -0.0617. The monoisotopic (exact) mass is 240 g/mol. The average molecular weight is 240 g/mol. The molecule has 1 aliphatic carbocycles. The lowest BCUT2D eigenvalue weighted by Gasteiger charge is -2.29. The van der Waals surface area contributed by atoms with Gasteiger partial charge in [-0.25, -0.2) is 0 Å². The fraction of sp³-hybridized carbons (Fsp3) is 0.923. The molecule has 1 heterocycles. The molecule has 1 aliphatic heterocycles. The highest BCUT2D eigenvalue weighted by Crippen LogP contribution is 2.28. The molecule has 0 bridgehead atoms. The molecule has 98 valence electrons. The summed E-state index contributed by atoms with van der Waals surface area (Å²) in [6.45, 7) is 6.18. The summed E-state index contributed by atoms with van der Waals surface area (Å²) in [5, 5.41) is 3.38. The summed E-state index contributed by atoms with van der Waals surface area (Å²) in [7, 11) is 0. The third-order valence-electron chi connectivity index (χ3n) is 3.65. The molecule has 0 amide bonds. The van der Waals surface area contributed by atoms with E-state index in [0.717, 1.165) is 25.6 Å². The summed E-state index contributed by atoms with van der Waals surface area (Å²) in [4.78, 5) is 13.9. The molecule has 0 atom stereocenters. The number of carbonyl (C=O) groups excluding carboxylic acids is 1. The van der Waals surface area contributed by atoms with Gasteiger partial charge in [-0.15, -0.1) is 0 Å². The second-order valence-corrected chi connectivity index (χ2v) is 5.16. The van der Waals surface area contributed by atoms with Crippen molar-refractivity contribution >= 4 is 5.97 Å². The van der Waals surface area contributed by atoms with E-state index in [2.05, 4.69) is 10.2 Å².